The molecule has 146 valence electrons. The van der Waals surface area contributed by atoms with E-state index in [9.17, 15) is 4.79 Å². The molecule has 3 aromatic rings. The summed E-state index contributed by atoms with van der Waals surface area (Å²) in [5, 5.41) is 2.12. The lowest BCUT2D eigenvalue weighted by molar-refractivity contribution is -0.139. The quantitative estimate of drug-likeness (QED) is 0.310. The van der Waals surface area contributed by atoms with Crippen LogP contribution in [0.3, 0.4) is 0 Å². The second kappa shape index (κ2) is 9.05. The van der Waals surface area contributed by atoms with Crippen molar-refractivity contribution in [2.75, 3.05) is 12.4 Å². The summed E-state index contributed by atoms with van der Waals surface area (Å²) in [6, 6.07) is 10.4. The van der Waals surface area contributed by atoms with Crippen LogP contribution >= 0.6 is 23.1 Å². The van der Waals surface area contributed by atoms with Crippen LogP contribution in [0.2, 0.25) is 0 Å². The third kappa shape index (κ3) is 4.39. The summed E-state index contributed by atoms with van der Waals surface area (Å²) in [6.45, 7) is 2.25. The van der Waals surface area contributed by atoms with Crippen LogP contribution in [0.4, 0.5) is 0 Å². The zero-order chi connectivity index (χ0) is 19.3. The summed E-state index contributed by atoms with van der Waals surface area (Å²) in [7, 11) is 0. The fourth-order valence-corrected chi connectivity index (χ4v) is 5.83. The predicted molar refractivity (Wildman–Crippen MR) is 115 cm³/mol. The number of esters is 1. The number of hydrogen-bond donors (Lipinski definition) is 0. The maximum atomic E-state index is 11.9. The number of ether oxygens (including phenoxy) is 1. The van der Waals surface area contributed by atoms with Gasteiger partial charge in [-0.05, 0) is 50.2 Å². The summed E-state index contributed by atoms with van der Waals surface area (Å²) < 4.78 is 5.10. The average molecular weight is 413 g/mol. The van der Waals surface area contributed by atoms with E-state index in [0.717, 1.165) is 41.4 Å². The Morgan fingerprint density at radius 1 is 1.14 bits per heavy atom. The minimum Gasteiger partial charge on any atom is -0.465 e. The summed E-state index contributed by atoms with van der Waals surface area (Å²) >= 11 is 3.31. The van der Waals surface area contributed by atoms with Gasteiger partial charge in [0.1, 0.15) is 15.7 Å². The standard InChI is InChI=1S/C22H24N2O2S2/c1-2-26-19(25)14-27-21-20-16-10-6-7-11-17(16)28-22(20)24-18(23-21)13-12-15-8-4-3-5-9-15/h3-5,8-9H,2,6-7,10-14H2,1H3. The Morgan fingerprint density at radius 3 is 2.79 bits per heavy atom. The number of benzene rings is 1. The first-order valence-electron chi connectivity index (χ1n) is 9.88. The number of fused-ring (bicyclic) bond motifs is 3. The van der Waals surface area contributed by atoms with Gasteiger partial charge in [-0.1, -0.05) is 42.1 Å². The van der Waals surface area contributed by atoms with Crippen molar-refractivity contribution >= 4 is 39.3 Å². The molecular formula is C22H24N2O2S2. The Bertz CT molecular complexity index is 970. The van der Waals surface area contributed by atoms with E-state index in [2.05, 4.69) is 24.3 Å². The molecule has 0 bridgehead atoms. The third-order valence-corrected chi connectivity index (χ3v) is 7.07. The van der Waals surface area contributed by atoms with E-state index < -0.39 is 0 Å². The molecule has 0 amide bonds. The Balaban J connectivity index is 1.64. The van der Waals surface area contributed by atoms with E-state index in [1.165, 1.54) is 46.0 Å². The molecule has 2 aromatic heterocycles. The number of rotatable bonds is 7. The molecule has 28 heavy (non-hydrogen) atoms. The molecule has 0 atom stereocenters. The van der Waals surface area contributed by atoms with Crippen LogP contribution in [-0.4, -0.2) is 28.3 Å². The zero-order valence-electron chi connectivity index (χ0n) is 16.1. The van der Waals surface area contributed by atoms with Crippen molar-refractivity contribution in [1.82, 2.24) is 9.97 Å². The van der Waals surface area contributed by atoms with Crippen LogP contribution in [0, 0.1) is 0 Å². The van der Waals surface area contributed by atoms with Crippen LogP contribution in [0.25, 0.3) is 10.2 Å². The van der Waals surface area contributed by atoms with E-state index in [0.29, 0.717) is 12.4 Å². The van der Waals surface area contributed by atoms with Crippen LogP contribution in [0.5, 0.6) is 0 Å². The second-order valence-electron chi connectivity index (χ2n) is 6.92. The number of carbonyl (C=O) groups excluding carboxylic acids is 1. The van der Waals surface area contributed by atoms with Gasteiger partial charge in [0.25, 0.3) is 0 Å². The number of nitrogens with zero attached hydrogens (tertiary/aromatic N) is 2. The average Bonchev–Trinajstić information content (AvgIpc) is 3.10. The lowest BCUT2D eigenvalue weighted by atomic mass is 9.97. The van der Waals surface area contributed by atoms with E-state index in [4.69, 9.17) is 14.7 Å². The largest absolute Gasteiger partial charge is 0.465 e. The summed E-state index contributed by atoms with van der Waals surface area (Å²) in [5.41, 5.74) is 2.70. The second-order valence-corrected chi connectivity index (χ2v) is 8.96. The molecule has 1 aliphatic rings. The Hall–Kier alpha value is -1.92. The molecule has 0 spiro atoms. The SMILES string of the molecule is CCOC(=O)CSc1nc(CCc2ccccc2)nc2sc3c(c12)CCCC3. The molecule has 1 aromatic carbocycles. The van der Waals surface area contributed by atoms with E-state index >= 15 is 0 Å². The Morgan fingerprint density at radius 2 is 1.96 bits per heavy atom. The monoisotopic (exact) mass is 412 g/mol. The highest BCUT2D eigenvalue weighted by molar-refractivity contribution is 8.00. The van der Waals surface area contributed by atoms with E-state index in [1.807, 2.05) is 24.3 Å². The van der Waals surface area contributed by atoms with Gasteiger partial charge in [0, 0.05) is 16.7 Å². The molecule has 4 nitrogen and oxygen atoms in total. The number of hydrogen-bond acceptors (Lipinski definition) is 6. The van der Waals surface area contributed by atoms with Crippen LogP contribution in [-0.2, 0) is 35.2 Å². The third-order valence-electron chi connectivity index (χ3n) is 4.94. The molecule has 0 N–H and O–H groups in total. The van der Waals surface area contributed by atoms with E-state index in [1.54, 1.807) is 0 Å². The van der Waals surface area contributed by atoms with Crippen molar-refractivity contribution in [2.24, 2.45) is 0 Å². The topological polar surface area (TPSA) is 52.1 Å². The number of thioether (sulfide) groups is 1. The Labute approximate surface area is 173 Å². The lowest BCUT2D eigenvalue weighted by Gasteiger charge is -2.12. The van der Waals surface area contributed by atoms with Crippen LogP contribution < -0.4 is 0 Å². The fourth-order valence-electron chi connectivity index (χ4n) is 3.61. The molecule has 4 rings (SSSR count). The minimum absolute atomic E-state index is 0.186. The number of thiophene rings is 1. The highest BCUT2D eigenvalue weighted by atomic mass is 32.2. The first-order chi connectivity index (χ1) is 13.7. The van der Waals surface area contributed by atoms with Gasteiger partial charge in [-0.2, -0.15) is 0 Å². The molecule has 0 saturated heterocycles. The molecule has 0 unspecified atom stereocenters. The highest BCUT2D eigenvalue weighted by Crippen LogP contribution is 2.39. The van der Waals surface area contributed by atoms with Crippen molar-refractivity contribution in [3.63, 3.8) is 0 Å². The molecule has 0 radical (unpaired) electrons. The molecule has 1 aliphatic carbocycles. The maximum absolute atomic E-state index is 11.9. The molecule has 6 heteroatoms. The summed E-state index contributed by atoms with van der Waals surface area (Å²) in [6.07, 6.45) is 6.41. The molecular weight excluding hydrogens is 388 g/mol. The Kier molecular flexibility index (Phi) is 6.27. The number of carbonyl (C=O) groups is 1. The highest BCUT2D eigenvalue weighted by Gasteiger charge is 2.22. The van der Waals surface area contributed by atoms with Gasteiger partial charge < -0.3 is 4.74 Å². The van der Waals surface area contributed by atoms with Crippen LogP contribution in [0.15, 0.2) is 35.4 Å². The molecule has 0 aliphatic heterocycles. The lowest BCUT2D eigenvalue weighted by Crippen LogP contribution is -2.08. The first-order valence-corrected chi connectivity index (χ1v) is 11.7. The van der Waals surface area contributed by atoms with Crippen molar-refractivity contribution in [1.29, 1.82) is 0 Å². The molecule has 0 saturated carbocycles. The first kappa shape index (κ1) is 19.4. The molecule has 2 heterocycles. The van der Waals surface area contributed by atoms with Gasteiger partial charge in [0.2, 0.25) is 0 Å². The van der Waals surface area contributed by atoms with E-state index in [-0.39, 0.29) is 5.97 Å². The van der Waals surface area contributed by atoms with Crippen molar-refractivity contribution < 1.29 is 9.53 Å². The van der Waals surface area contributed by atoms with Crippen molar-refractivity contribution in [2.45, 2.75) is 50.5 Å². The normalized spacial score (nSPS) is 13.5. The van der Waals surface area contributed by atoms with Crippen LogP contribution in [0.1, 0.15) is 41.6 Å². The van der Waals surface area contributed by atoms with Crippen molar-refractivity contribution in [3.05, 3.63) is 52.2 Å². The summed E-state index contributed by atoms with van der Waals surface area (Å²) in [5.74, 6) is 0.971. The molecule has 0 fully saturated rings. The van der Waals surface area contributed by atoms with Gasteiger partial charge in [-0.3, -0.25) is 4.79 Å². The van der Waals surface area contributed by atoms with Gasteiger partial charge in [-0.15, -0.1) is 11.3 Å². The number of aryl methyl sites for hydroxylation is 4. The van der Waals surface area contributed by atoms with Gasteiger partial charge >= 0.3 is 5.97 Å². The smallest absolute Gasteiger partial charge is 0.316 e. The zero-order valence-corrected chi connectivity index (χ0v) is 17.7. The maximum Gasteiger partial charge on any atom is 0.316 e. The van der Waals surface area contributed by atoms with Gasteiger partial charge in [-0.25, -0.2) is 9.97 Å². The summed E-state index contributed by atoms with van der Waals surface area (Å²) in [4.78, 5) is 24.2. The fraction of sp³-hybridized carbons (Fsp3) is 0.409. The number of aromatic nitrogens is 2. The predicted octanol–water partition coefficient (Wildman–Crippen LogP) is 5.01. The van der Waals surface area contributed by atoms with Crippen molar-refractivity contribution in [3.8, 4) is 0 Å². The van der Waals surface area contributed by atoms with Gasteiger partial charge in [0.05, 0.1) is 12.4 Å². The van der Waals surface area contributed by atoms with Gasteiger partial charge in [0.15, 0.2) is 0 Å². The minimum atomic E-state index is -0.186.